The van der Waals surface area contributed by atoms with Crippen molar-refractivity contribution in [1.29, 1.82) is 0 Å². The van der Waals surface area contributed by atoms with Crippen molar-refractivity contribution < 1.29 is 4.79 Å². The van der Waals surface area contributed by atoms with Crippen LogP contribution in [-0.4, -0.2) is 62.5 Å². The Balaban J connectivity index is 1.17. The molecular formula is C23H26N6O. The SMILES string of the molecule is O=C1N(CCc2ccccc2)CCC12CCN(Cc1ccc(-c3nn[nH]n3)cc1)C2. The number of nitrogens with zero attached hydrogens (tertiary/aromatic N) is 5. The third-order valence-corrected chi connectivity index (χ3v) is 6.51. The van der Waals surface area contributed by atoms with Gasteiger partial charge in [-0.25, -0.2) is 0 Å². The number of carbonyl (C=O) groups is 1. The van der Waals surface area contributed by atoms with Gasteiger partial charge in [0.2, 0.25) is 11.7 Å². The number of aromatic nitrogens is 4. The summed E-state index contributed by atoms with van der Waals surface area (Å²) >= 11 is 0. The first-order valence-corrected chi connectivity index (χ1v) is 10.6. The lowest BCUT2D eigenvalue weighted by Crippen LogP contribution is -2.37. The fourth-order valence-electron chi connectivity index (χ4n) is 4.79. The van der Waals surface area contributed by atoms with Crippen LogP contribution in [0.3, 0.4) is 0 Å². The Bertz CT molecular complexity index is 988. The minimum Gasteiger partial charge on any atom is -0.342 e. The summed E-state index contributed by atoms with van der Waals surface area (Å²) in [7, 11) is 0. The summed E-state index contributed by atoms with van der Waals surface area (Å²) in [5.41, 5.74) is 3.31. The quantitative estimate of drug-likeness (QED) is 0.686. The molecule has 1 aromatic heterocycles. The molecule has 5 rings (SSSR count). The largest absolute Gasteiger partial charge is 0.342 e. The van der Waals surface area contributed by atoms with Gasteiger partial charge in [0, 0.05) is 31.7 Å². The second-order valence-electron chi connectivity index (χ2n) is 8.45. The molecule has 7 heteroatoms. The van der Waals surface area contributed by atoms with Crippen molar-refractivity contribution in [3.05, 3.63) is 65.7 Å². The molecule has 3 aromatic rings. The summed E-state index contributed by atoms with van der Waals surface area (Å²) in [5.74, 6) is 0.960. The molecule has 3 heterocycles. The van der Waals surface area contributed by atoms with Gasteiger partial charge >= 0.3 is 0 Å². The summed E-state index contributed by atoms with van der Waals surface area (Å²) in [6.45, 7) is 4.41. The zero-order chi connectivity index (χ0) is 20.4. The summed E-state index contributed by atoms with van der Waals surface area (Å²) in [6.07, 6.45) is 2.88. The van der Waals surface area contributed by atoms with Crippen molar-refractivity contribution in [2.24, 2.45) is 5.41 Å². The van der Waals surface area contributed by atoms with Crippen molar-refractivity contribution in [2.75, 3.05) is 26.2 Å². The highest BCUT2D eigenvalue weighted by Gasteiger charge is 2.50. The van der Waals surface area contributed by atoms with Crippen LogP contribution in [0.1, 0.15) is 24.0 Å². The van der Waals surface area contributed by atoms with E-state index in [4.69, 9.17) is 0 Å². The standard InChI is InChI=1S/C23H26N6O/c30-22-23(12-15-29(22)13-10-18-4-2-1-3-5-18)11-14-28(17-23)16-19-6-8-20(9-7-19)21-24-26-27-25-21/h1-9H,10-17H2,(H,24,25,26,27). The van der Waals surface area contributed by atoms with Crippen LogP contribution in [0.25, 0.3) is 11.4 Å². The molecular weight excluding hydrogens is 376 g/mol. The molecule has 2 aliphatic rings. The van der Waals surface area contributed by atoms with Crippen LogP contribution >= 0.6 is 0 Å². The van der Waals surface area contributed by atoms with Crippen LogP contribution < -0.4 is 0 Å². The Morgan fingerprint density at radius 1 is 0.967 bits per heavy atom. The normalized spacial score (nSPS) is 21.7. The van der Waals surface area contributed by atoms with E-state index >= 15 is 0 Å². The van der Waals surface area contributed by atoms with Gasteiger partial charge < -0.3 is 4.90 Å². The van der Waals surface area contributed by atoms with Crippen LogP contribution in [0.5, 0.6) is 0 Å². The van der Waals surface area contributed by atoms with E-state index in [0.717, 1.165) is 57.5 Å². The van der Waals surface area contributed by atoms with Crippen LogP contribution in [0.15, 0.2) is 54.6 Å². The third-order valence-electron chi connectivity index (χ3n) is 6.51. The summed E-state index contributed by atoms with van der Waals surface area (Å²) < 4.78 is 0. The van der Waals surface area contributed by atoms with E-state index in [9.17, 15) is 4.79 Å². The zero-order valence-corrected chi connectivity index (χ0v) is 17.0. The molecule has 1 amide bonds. The maximum absolute atomic E-state index is 13.2. The van der Waals surface area contributed by atoms with E-state index in [1.165, 1.54) is 11.1 Å². The number of tetrazole rings is 1. The lowest BCUT2D eigenvalue weighted by atomic mass is 9.85. The fraction of sp³-hybridized carbons (Fsp3) is 0.391. The molecule has 2 aromatic carbocycles. The molecule has 1 unspecified atom stereocenters. The number of amides is 1. The number of hydrogen-bond acceptors (Lipinski definition) is 5. The molecule has 1 N–H and O–H groups in total. The summed E-state index contributed by atoms with van der Waals surface area (Å²) in [4.78, 5) is 17.7. The fourth-order valence-corrected chi connectivity index (χ4v) is 4.79. The number of H-pyrrole nitrogens is 1. The van der Waals surface area contributed by atoms with Gasteiger partial charge in [0.1, 0.15) is 0 Å². The third kappa shape index (κ3) is 3.73. The average molecular weight is 403 g/mol. The van der Waals surface area contributed by atoms with Crippen molar-refractivity contribution >= 4 is 5.91 Å². The topological polar surface area (TPSA) is 78.0 Å². The van der Waals surface area contributed by atoms with Gasteiger partial charge in [-0.05, 0) is 42.1 Å². The molecule has 30 heavy (non-hydrogen) atoms. The molecule has 0 bridgehead atoms. The van der Waals surface area contributed by atoms with Gasteiger partial charge in [0.15, 0.2) is 0 Å². The molecule has 0 aliphatic carbocycles. The maximum Gasteiger partial charge on any atom is 0.230 e. The number of benzene rings is 2. The average Bonchev–Trinajstić information content (AvgIpc) is 3.52. The number of nitrogens with one attached hydrogen (secondary N) is 1. The Morgan fingerprint density at radius 3 is 2.53 bits per heavy atom. The van der Waals surface area contributed by atoms with Crippen molar-refractivity contribution in [3.8, 4) is 11.4 Å². The first-order valence-electron chi connectivity index (χ1n) is 10.6. The molecule has 0 radical (unpaired) electrons. The molecule has 1 spiro atoms. The first-order chi connectivity index (χ1) is 14.7. The highest BCUT2D eigenvalue weighted by Crippen LogP contribution is 2.41. The lowest BCUT2D eigenvalue weighted by molar-refractivity contribution is -0.135. The first kappa shape index (κ1) is 18.9. The number of rotatable bonds is 6. The molecule has 2 aliphatic heterocycles. The Kier molecular flexibility index (Phi) is 5.04. The zero-order valence-electron chi connectivity index (χ0n) is 17.0. The Morgan fingerprint density at radius 2 is 1.77 bits per heavy atom. The number of likely N-dealkylation sites (tertiary alicyclic amines) is 2. The molecule has 2 fully saturated rings. The maximum atomic E-state index is 13.2. The van der Waals surface area contributed by atoms with Gasteiger partial charge in [-0.3, -0.25) is 9.69 Å². The Hall–Kier alpha value is -3.06. The predicted molar refractivity (Wildman–Crippen MR) is 113 cm³/mol. The second-order valence-corrected chi connectivity index (χ2v) is 8.45. The van der Waals surface area contributed by atoms with Gasteiger partial charge in [0.25, 0.3) is 0 Å². The van der Waals surface area contributed by atoms with E-state index in [2.05, 4.69) is 66.8 Å². The lowest BCUT2D eigenvalue weighted by Gasteiger charge is -2.24. The van der Waals surface area contributed by atoms with Crippen molar-refractivity contribution in [1.82, 2.24) is 30.4 Å². The smallest absolute Gasteiger partial charge is 0.230 e. The monoisotopic (exact) mass is 402 g/mol. The number of hydrogen-bond donors (Lipinski definition) is 1. The van der Waals surface area contributed by atoms with E-state index in [1.807, 2.05) is 18.2 Å². The highest BCUT2D eigenvalue weighted by molar-refractivity contribution is 5.85. The second kappa shape index (κ2) is 7.99. The van der Waals surface area contributed by atoms with Gasteiger partial charge in [-0.2, -0.15) is 5.21 Å². The van der Waals surface area contributed by atoms with Crippen LogP contribution in [0, 0.1) is 5.41 Å². The highest BCUT2D eigenvalue weighted by atomic mass is 16.2. The van der Waals surface area contributed by atoms with E-state index in [-0.39, 0.29) is 5.41 Å². The van der Waals surface area contributed by atoms with Crippen LogP contribution in [0.2, 0.25) is 0 Å². The van der Waals surface area contributed by atoms with Gasteiger partial charge in [0.05, 0.1) is 5.41 Å². The minimum absolute atomic E-state index is 0.179. The molecule has 2 saturated heterocycles. The summed E-state index contributed by atoms with van der Waals surface area (Å²) in [5, 5.41) is 14.1. The molecule has 7 nitrogen and oxygen atoms in total. The number of carbonyl (C=O) groups excluding carboxylic acids is 1. The van der Waals surface area contributed by atoms with Crippen LogP contribution in [-0.2, 0) is 17.8 Å². The molecule has 1 atom stereocenters. The van der Waals surface area contributed by atoms with Gasteiger partial charge in [-0.15, -0.1) is 10.2 Å². The molecule has 154 valence electrons. The van der Waals surface area contributed by atoms with Gasteiger partial charge in [-0.1, -0.05) is 54.6 Å². The predicted octanol–water partition coefficient (Wildman–Crippen LogP) is 2.53. The van der Waals surface area contributed by atoms with E-state index in [1.54, 1.807) is 0 Å². The van der Waals surface area contributed by atoms with Crippen molar-refractivity contribution in [3.63, 3.8) is 0 Å². The van der Waals surface area contributed by atoms with E-state index < -0.39 is 0 Å². The minimum atomic E-state index is -0.179. The van der Waals surface area contributed by atoms with Crippen LogP contribution in [0.4, 0.5) is 0 Å². The van der Waals surface area contributed by atoms with Crippen molar-refractivity contribution in [2.45, 2.75) is 25.8 Å². The Labute approximate surface area is 176 Å². The van der Waals surface area contributed by atoms with E-state index in [0.29, 0.717) is 11.7 Å². The molecule has 0 saturated carbocycles. The number of aromatic amines is 1. The summed E-state index contributed by atoms with van der Waals surface area (Å²) in [6, 6.07) is 18.7.